The standard InChI is InChI=1S/C28H50O/c1-3-5-7-11-24-18-20-28(21-19-24,26-12-8-6-9-13-26)27(22-29)25-16-14-23(10-4-2)15-17-25/h22-27H,3-21H2,1-2H3. The molecule has 29 heavy (non-hydrogen) atoms. The minimum Gasteiger partial charge on any atom is -0.303 e. The van der Waals surface area contributed by atoms with Gasteiger partial charge in [0.25, 0.3) is 0 Å². The van der Waals surface area contributed by atoms with Crippen LogP contribution in [0.25, 0.3) is 0 Å². The molecule has 0 spiro atoms. The Morgan fingerprint density at radius 1 is 0.759 bits per heavy atom. The number of aldehydes is 1. The molecule has 0 N–H and O–H groups in total. The minimum absolute atomic E-state index is 0.366. The smallest absolute Gasteiger partial charge is 0.123 e. The number of carbonyl (C=O) groups is 1. The van der Waals surface area contributed by atoms with Crippen molar-refractivity contribution >= 4 is 6.29 Å². The lowest BCUT2D eigenvalue weighted by Crippen LogP contribution is -2.46. The second kappa shape index (κ2) is 11.9. The van der Waals surface area contributed by atoms with Crippen molar-refractivity contribution in [3.63, 3.8) is 0 Å². The maximum Gasteiger partial charge on any atom is 0.123 e. The molecule has 1 unspecified atom stereocenters. The van der Waals surface area contributed by atoms with Crippen molar-refractivity contribution in [1.82, 2.24) is 0 Å². The third kappa shape index (κ3) is 5.88. The van der Waals surface area contributed by atoms with E-state index < -0.39 is 0 Å². The van der Waals surface area contributed by atoms with Gasteiger partial charge in [0.2, 0.25) is 0 Å². The van der Waals surface area contributed by atoms with Crippen molar-refractivity contribution < 1.29 is 4.79 Å². The lowest BCUT2D eigenvalue weighted by atomic mass is 9.51. The molecule has 0 heterocycles. The van der Waals surface area contributed by atoms with Gasteiger partial charge in [-0.3, -0.25) is 0 Å². The Hall–Kier alpha value is -0.330. The van der Waals surface area contributed by atoms with Crippen molar-refractivity contribution in [3.05, 3.63) is 0 Å². The maximum absolute atomic E-state index is 12.7. The maximum atomic E-state index is 12.7. The van der Waals surface area contributed by atoms with Crippen molar-refractivity contribution in [3.8, 4) is 0 Å². The number of hydrogen-bond acceptors (Lipinski definition) is 1. The Morgan fingerprint density at radius 2 is 1.41 bits per heavy atom. The topological polar surface area (TPSA) is 17.1 Å². The van der Waals surface area contributed by atoms with E-state index in [1.807, 2.05) is 0 Å². The molecular weight excluding hydrogens is 352 g/mol. The van der Waals surface area contributed by atoms with Crippen LogP contribution in [-0.2, 0) is 4.79 Å². The fraction of sp³-hybridized carbons (Fsp3) is 0.964. The van der Waals surface area contributed by atoms with E-state index in [1.54, 1.807) is 0 Å². The summed E-state index contributed by atoms with van der Waals surface area (Å²) >= 11 is 0. The molecule has 0 amide bonds. The normalized spacial score (nSPS) is 35.3. The van der Waals surface area contributed by atoms with Gasteiger partial charge >= 0.3 is 0 Å². The van der Waals surface area contributed by atoms with Crippen LogP contribution < -0.4 is 0 Å². The first-order valence-electron chi connectivity index (χ1n) is 13.7. The molecule has 3 fully saturated rings. The summed E-state index contributed by atoms with van der Waals surface area (Å²) in [5.74, 6) is 3.80. The second-order valence-corrected chi connectivity index (χ2v) is 11.2. The van der Waals surface area contributed by atoms with Crippen LogP contribution in [0.2, 0.25) is 0 Å². The van der Waals surface area contributed by atoms with Crippen molar-refractivity contribution in [2.45, 2.75) is 136 Å². The van der Waals surface area contributed by atoms with Crippen LogP contribution in [0.15, 0.2) is 0 Å². The first-order chi connectivity index (χ1) is 14.2. The van der Waals surface area contributed by atoms with Gasteiger partial charge in [0, 0.05) is 5.92 Å². The molecule has 0 bridgehead atoms. The van der Waals surface area contributed by atoms with E-state index in [1.165, 1.54) is 128 Å². The van der Waals surface area contributed by atoms with Crippen LogP contribution in [0, 0.1) is 35.0 Å². The summed E-state index contributed by atoms with van der Waals surface area (Å²) in [5, 5.41) is 0. The third-order valence-corrected chi connectivity index (χ3v) is 9.58. The summed E-state index contributed by atoms with van der Waals surface area (Å²) in [6, 6.07) is 0. The second-order valence-electron chi connectivity index (χ2n) is 11.2. The molecule has 3 aliphatic rings. The Bertz CT molecular complexity index is 447. The molecule has 0 aliphatic heterocycles. The van der Waals surface area contributed by atoms with Crippen LogP contribution in [0.1, 0.15) is 136 Å². The zero-order chi connectivity index (χ0) is 20.5. The summed E-state index contributed by atoms with van der Waals surface area (Å²) in [7, 11) is 0. The Morgan fingerprint density at radius 3 is 2.00 bits per heavy atom. The van der Waals surface area contributed by atoms with Crippen LogP contribution in [0.3, 0.4) is 0 Å². The molecule has 1 nitrogen and oxygen atoms in total. The van der Waals surface area contributed by atoms with Crippen LogP contribution >= 0.6 is 0 Å². The summed E-state index contributed by atoms with van der Waals surface area (Å²) in [4.78, 5) is 12.7. The molecular formula is C28H50O. The number of rotatable bonds is 10. The van der Waals surface area contributed by atoms with Crippen molar-refractivity contribution in [1.29, 1.82) is 0 Å². The molecule has 168 valence electrons. The number of carbonyl (C=O) groups excluding carboxylic acids is 1. The van der Waals surface area contributed by atoms with Gasteiger partial charge < -0.3 is 4.79 Å². The van der Waals surface area contributed by atoms with E-state index in [-0.39, 0.29) is 0 Å². The van der Waals surface area contributed by atoms with Crippen LogP contribution in [0.4, 0.5) is 0 Å². The molecule has 1 heteroatoms. The molecule has 0 radical (unpaired) electrons. The van der Waals surface area contributed by atoms with Gasteiger partial charge in [0.05, 0.1) is 0 Å². The summed E-state index contributed by atoms with van der Waals surface area (Å²) in [6.07, 6.45) is 27.9. The van der Waals surface area contributed by atoms with E-state index in [2.05, 4.69) is 13.8 Å². The summed E-state index contributed by atoms with van der Waals surface area (Å²) in [6.45, 7) is 4.65. The molecule has 3 aliphatic carbocycles. The fourth-order valence-electron chi connectivity index (χ4n) is 7.84. The largest absolute Gasteiger partial charge is 0.303 e. The van der Waals surface area contributed by atoms with Crippen LogP contribution in [-0.4, -0.2) is 6.29 Å². The van der Waals surface area contributed by atoms with E-state index in [0.29, 0.717) is 17.3 Å². The highest BCUT2D eigenvalue weighted by atomic mass is 16.1. The molecule has 0 aromatic rings. The average Bonchev–Trinajstić information content (AvgIpc) is 2.77. The van der Waals surface area contributed by atoms with Gasteiger partial charge in [-0.2, -0.15) is 0 Å². The monoisotopic (exact) mass is 402 g/mol. The van der Waals surface area contributed by atoms with E-state index in [9.17, 15) is 4.79 Å². The third-order valence-electron chi connectivity index (χ3n) is 9.58. The predicted molar refractivity (Wildman–Crippen MR) is 125 cm³/mol. The van der Waals surface area contributed by atoms with Gasteiger partial charge in [-0.05, 0) is 80.5 Å². The molecule has 0 aromatic carbocycles. The predicted octanol–water partition coefficient (Wildman–Crippen LogP) is 8.75. The highest BCUT2D eigenvalue weighted by Gasteiger charge is 2.49. The number of unbranched alkanes of at least 4 members (excludes halogenated alkanes) is 2. The van der Waals surface area contributed by atoms with Crippen molar-refractivity contribution in [2.24, 2.45) is 35.0 Å². The zero-order valence-electron chi connectivity index (χ0n) is 19.8. The van der Waals surface area contributed by atoms with Crippen molar-refractivity contribution in [2.75, 3.05) is 0 Å². The first kappa shape index (κ1) is 23.3. The summed E-state index contributed by atoms with van der Waals surface area (Å²) in [5.41, 5.74) is 0.367. The number of hydrogen-bond donors (Lipinski definition) is 0. The van der Waals surface area contributed by atoms with Gasteiger partial charge in [-0.25, -0.2) is 0 Å². The molecule has 3 saturated carbocycles. The Kier molecular flexibility index (Phi) is 9.57. The molecule has 0 saturated heterocycles. The first-order valence-corrected chi connectivity index (χ1v) is 13.7. The molecule has 1 atom stereocenters. The lowest BCUT2D eigenvalue weighted by molar-refractivity contribution is -0.125. The lowest BCUT2D eigenvalue weighted by Gasteiger charge is -2.53. The fourth-order valence-corrected chi connectivity index (χ4v) is 7.84. The van der Waals surface area contributed by atoms with Gasteiger partial charge in [0.15, 0.2) is 0 Å². The van der Waals surface area contributed by atoms with E-state index >= 15 is 0 Å². The minimum atomic E-state index is 0.366. The molecule has 0 aromatic heterocycles. The Balaban J connectivity index is 1.68. The average molecular weight is 403 g/mol. The van der Waals surface area contributed by atoms with Gasteiger partial charge in [0.1, 0.15) is 6.29 Å². The Labute approximate surface area is 182 Å². The highest BCUT2D eigenvalue weighted by molar-refractivity contribution is 5.56. The van der Waals surface area contributed by atoms with Crippen LogP contribution in [0.5, 0.6) is 0 Å². The zero-order valence-corrected chi connectivity index (χ0v) is 19.8. The quantitative estimate of drug-likeness (QED) is 0.263. The molecule has 3 rings (SSSR count). The van der Waals surface area contributed by atoms with Gasteiger partial charge in [-0.15, -0.1) is 0 Å². The van der Waals surface area contributed by atoms with Gasteiger partial charge in [-0.1, -0.05) is 84.5 Å². The summed E-state index contributed by atoms with van der Waals surface area (Å²) < 4.78 is 0. The SMILES string of the molecule is CCCCCC1CCC(C2CCCCC2)(C(C=O)C2CCC(CCC)CC2)CC1. The van der Waals surface area contributed by atoms with E-state index in [4.69, 9.17) is 0 Å². The highest BCUT2D eigenvalue weighted by Crippen LogP contribution is 2.57. The van der Waals surface area contributed by atoms with E-state index in [0.717, 1.165) is 17.8 Å².